The molecule has 0 bridgehead atoms. The van der Waals surface area contributed by atoms with Gasteiger partial charge in [-0.25, -0.2) is 4.79 Å². The van der Waals surface area contributed by atoms with Gasteiger partial charge in [0.1, 0.15) is 6.10 Å². The Labute approximate surface area is 259 Å². The lowest BCUT2D eigenvalue weighted by Crippen LogP contribution is -2.66. The molecule has 43 heavy (non-hydrogen) atoms. The van der Waals surface area contributed by atoms with Gasteiger partial charge in [-0.2, -0.15) is 0 Å². The molecular formula is C39H54O4. The van der Waals surface area contributed by atoms with Crippen molar-refractivity contribution in [1.82, 2.24) is 0 Å². The second-order valence-corrected chi connectivity index (χ2v) is 17.1. The van der Waals surface area contributed by atoms with Crippen molar-refractivity contribution >= 4 is 18.0 Å². The minimum atomic E-state index is -0.664. The first-order valence-electron chi connectivity index (χ1n) is 17.0. The maximum absolute atomic E-state index is 13.0. The van der Waals surface area contributed by atoms with Gasteiger partial charge in [0.15, 0.2) is 0 Å². The lowest BCUT2D eigenvalue weighted by atomic mass is 9.32. The van der Waals surface area contributed by atoms with Crippen molar-refractivity contribution in [2.45, 2.75) is 119 Å². The van der Waals surface area contributed by atoms with Crippen LogP contribution in [0.25, 0.3) is 6.08 Å². The summed E-state index contributed by atoms with van der Waals surface area (Å²) in [5, 5.41) is 10.6. The third-order valence-corrected chi connectivity index (χ3v) is 14.4. The van der Waals surface area contributed by atoms with Gasteiger partial charge in [-0.15, -0.1) is 0 Å². The highest BCUT2D eigenvalue weighted by Gasteiger charge is 2.70. The van der Waals surface area contributed by atoms with Crippen molar-refractivity contribution in [3.8, 4) is 0 Å². The third kappa shape index (κ3) is 4.51. The van der Waals surface area contributed by atoms with Crippen LogP contribution in [0.15, 0.2) is 48.1 Å². The van der Waals surface area contributed by atoms with E-state index < -0.39 is 11.4 Å². The molecular weight excluding hydrogens is 532 g/mol. The molecule has 5 aliphatic rings. The Morgan fingerprint density at radius 2 is 1.49 bits per heavy atom. The van der Waals surface area contributed by atoms with Gasteiger partial charge in [0.05, 0.1) is 5.41 Å². The van der Waals surface area contributed by atoms with Gasteiger partial charge in [0.2, 0.25) is 0 Å². The number of aliphatic carboxylic acids is 1. The molecule has 4 nitrogen and oxygen atoms in total. The quantitative estimate of drug-likeness (QED) is 0.217. The molecule has 1 aromatic carbocycles. The van der Waals surface area contributed by atoms with E-state index in [-0.39, 0.29) is 39.1 Å². The highest BCUT2D eigenvalue weighted by molar-refractivity contribution is 5.87. The number of carboxylic acid groups (broad SMARTS) is 1. The van der Waals surface area contributed by atoms with E-state index in [0.29, 0.717) is 17.8 Å². The topological polar surface area (TPSA) is 63.6 Å². The fraction of sp³-hybridized carbons (Fsp3) is 0.692. The number of ether oxygens (including phenoxy) is 1. The largest absolute Gasteiger partial charge is 0.481 e. The molecule has 4 heteroatoms. The van der Waals surface area contributed by atoms with E-state index in [9.17, 15) is 14.7 Å². The Morgan fingerprint density at radius 3 is 2.19 bits per heavy atom. The van der Waals surface area contributed by atoms with Crippen LogP contribution in [0.2, 0.25) is 0 Å². The molecule has 0 unspecified atom stereocenters. The highest BCUT2D eigenvalue weighted by atomic mass is 16.5. The summed E-state index contributed by atoms with van der Waals surface area (Å²) in [6.07, 6.45) is 15.8. The number of allylic oxidation sites excluding steroid dienone is 1. The molecule has 0 spiro atoms. The van der Waals surface area contributed by atoms with Crippen LogP contribution in [-0.4, -0.2) is 23.1 Å². The monoisotopic (exact) mass is 586 g/mol. The number of carbonyl (C=O) groups excluding carboxylic acids is 1. The molecule has 0 aliphatic heterocycles. The zero-order valence-corrected chi connectivity index (χ0v) is 27.7. The van der Waals surface area contributed by atoms with Crippen molar-refractivity contribution in [3.05, 3.63) is 53.6 Å². The average Bonchev–Trinajstić information content (AvgIpc) is 2.94. The Balaban J connectivity index is 1.26. The molecule has 5 aliphatic carbocycles. The van der Waals surface area contributed by atoms with Crippen LogP contribution >= 0.6 is 0 Å². The van der Waals surface area contributed by atoms with Gasteiger partial charge in [0.25, 0.3) is 0 Å². The fourth-order valence-corrected chi connectivity index (χ4v) is 11.8. The third-order valence-electron chi connectivity index (χ3n) is 14.4. The zero-order valence-electron chi connectivity index (χ0n) is 27.7. The van der Waals surface area contributed by atoms with Crippen LogP contribution in [0.5, 0.6) is 0 Å². The van der Waals surface area contributed by atoms with E-state index in [1.54, 1.807) is 6.08 Å². The molecule has 234 valence electrons. The predicted octanol–water partition coefficient (Wildman–Crippen LogP) is 9.50. The molecule has 0 saturated heterocycles. The number of carboxylic acids is 1. The maximum Gasteiger partial charge on any atom is 0.331 e. The summed E-state index contributed by atoms with van der Waals surface area (Å²) in [4.78, 5) is 25.9. The van der Waals surface area contributed by atoms with Crippen molar-refractivity contribution < 1.29 is 19.4 Å². The Kier molecular flexibility index (Phi) is 7.18. The summed E-state index contributed by atoms with van der Waals surface area (Å²) in [6.45, 7) is 17.0. The second-order valence-electron chi connectivity index (χ2n) is 17.1. The highest BCUT2D eigenvalue weighted by Crippen LogP contribution is 2.76. The first-order chi connectivity index (χ1) is 20.1. The van der Waals surface area contributed by atoms with Crippen LogP contribution in [0, 0.1) is 50.2 Å². The summed E-state index contributed by atoms with van der Waals surface area (Å²) >= 11 is 0. The maximum atomic E-state index is 13.0. The van der Waals surface area contributed by atoms with Crippen molar-refractivity contribution in [1.29, 1.82) is 0 Å². The van der Waals surface area contributed by atoms with E-state index in [2.05, 4.69) is 54.5 Å². The van der Waals surface area contributed by atoms with Gasteiger partial charge < -0.3 is 9.84 Å². The number of benzene rings is 1. The van der Waals surface area contributed by atoms with Gasteiger partial charge >= 0.3 is 11.9 Å². The van der Waals surface area contributed by atoms with E-state index in [4.69, 9.17) is 4.74 Å². The molecule has 0 radical (unpaired) electrons. The number of carbonyl (C=O) groups is 2. The summed E-state index contributed by atoms with van der Waals surface area (Å²) in [5.74, 6) is 0.584. The molecule has 4 fully saturated rings. The smallest absolute Gasteiger partial charge is 0.331 e. The minimum absolute atomic E-state index is 0.0596. The lowest BCUT2D eigenvalue weighted by molar-refractivity contribution is -0.233. The van der Waals surface area contributed by atoms with Gasteiger partial charge in [-0.1, -0.05) is 90.4 Å². The number of esters is 1. The molecule has 0 aromatic heterocycles. The SMILES string of the molecule is CC1(C)C=C2[C@H]3CC[C@@H]4[C@@]5(C)CC[C@H](OC(=O)C=Cc6ccccc6)C(C)(C)[C@@H]5CC[C@@]4(C)[C@]3(C)CC[C@@]2(C(=O)O)CC1. The first-order valence-corrected chi connectivity index (χ1v) is 17.0. The van der Waals surface area contributed by atoms with Gasteiger partial charge in [-0.05, 0) is 115 Å². The lowest BCUT2D eigenvalue weighted by Gasteiger charge is -2.72. The van der Waals surface area contributed by atoms with Crippen LogP contribution < -0.4 is 0 Å². The van der Waals surface area contributed by atoms with E-state index in [1.807, 2.05) is 36.4 Å². The normalized spacial score (nSPS) is 42.9. The Morgan fingerprint density at radius 1 is 0.791 bits per heavy atom. The molecule has 8 atom stereocenters. The van der Waals surface area contributed by atoms with Crippen molar-refractivity contribution in [2.24, 2.45) is 50.2 Å². The summed E-state index contributed by atoms with van der Waals surface area (Å²) in [5.41, 5.74) is 1.99. The zero-order chi connectivity index (χ0) is 31.1. The number of hydrogen-bond donors (Lipinski definition) is 1. The van der Waals surface area contributed by atoms with E-state index in [0.717, 1.165) is 63.4 Å². The summed E-state index contributed by atoms with van der Waals surface area (Å²) in [7, 11) is 0. The van der Waals surface area contributed by atoms with E-state index >= 15 is 0 Å². The van der Waals surface area contributed by atoms with E-state index in [1.165, 1.54) is 12.0 Å². The molecule has 1 N–H and O–H groups in total. The van der Waals surface area contributed by atoms with Crippen LogP contribution in [0.1, 0.15) is 118 Å². The van der Waals surface area contributed by atoms with Crippen molar-refractivity contribution in [2.75, 3.05) is 0 Å². The first kappa shape index (κ1) is 30.7. The molecule has 0 heterocycles. The molecule has 6 rings (SSSR count). The molecule has 1 aromatic rings. The van der Waals surface area contributed by atoms with Crippen LogP contribution in [0.4, 0.5) is 0 Å². The van der Waals surface area contributed by atoms with Gasteiger partial charge in [0, 0.05) is 11.5 Å². The number of hydrogen-bond acceptors (Lipinski definition) is 3. The van der Waals surface area contributed by atoms with Crippen molar-refractivity contribution in [3.63, 3.8) is 0 Å². The minimum Gasteiger partial charge on any atom is -0.481 e. The molecule has 0 amide bonds. The molecule has 4 saturated carbocycles. The Bertz CT molecular complexity index is 1340. The van der Waals surface area contributed by atoms with Crippen LogP contribution in [0.3, 0.4) is 0 Å². The summed E-state index contributed by atoms with van der Waals surface area (Å²) < 4.78 is 6.21. The number of rotatable bonds is 4. The second kappa shape index (κ2) is 10.1. The Hall–Kier alpha value is -2.36. The summed E-state index contributed by atoms with van der Waals surface area (Å²) in [6, 6.07) is 9.92. The predicted molar refractivity (Wildman–Crippen MR) is 172 cm³/mol. The average molecular weight is 587 g/mol. The number of fused-ring (bicyclic) bond motifs is 7. The standard InChI is InChI=1S/C39H54O4/c1-34(2)21-23-39(33(41)42)24-22-37(6)27(28(39)25-34)14-15-30-36(5)19-18-31(35(3,4)29(36)17-20-38(30,37)7)43-32(40)16-13-26-11-9-8-10-12-26/h8-13,16,25,27,29-31H,14-15,17-24H2,1-7H3,(H,41,42)/t27-,29+,30-,31+,36+,37-,38-,39+/m1/s1. The fourth-order valence-electron chi connectivity index (χ4n) is 11.8. The van der Waals surface area contributed by atoms with Crippen LogP contribution in [-0.2, 0) is 14.3 Å². The van der Waals surface area contributed by atoms with Gasteiger partial charge in [-0.3, -0.25) is 4.79 Å².